The number of carbonyl (C=O) groups excluding carboxylic acids is 1. The highest BCUT2D eigenvalue weighted by atomic mass is 16.6. The molecular formula is C18H26N4O6. The fourth-order valence-corrected chi connectivity index (χ4v) is 3.39. The third kappa shape index (κ3) is 3.74. The zero-order valence-corrected chi connectivity index (χ0v) is 16.1. The number of aliphatic hydroxyl groups excluding tert-OH is 3. The van der Waals surface area contributed by atoms with Gasteiger partial charge in [-0.3, -0.25) is 4.79 Å². The van der Waals surface area contributed by atoms with Crippen molar-refractivity contribution in [1.29, 1.82) is 0 Å². The lowest BCUT2D eigenvalue weighted by molar-refractivity contribution is -0.144. The van der Waals surface area contributed by atoms with Crippen molar-refractivity contribution >= 4 is 17.2 Å². The molecule has 0 bridgehead atoms. The Bertz CT molecular complexity index is 841. The molecule has 10 heteroatoms. The first kappa shape index (κ1) is 20.6. The monoisotopic (exact) mass is 394 g/mol. The van der Waals surface area contributed by atoms with Crippen LogP contribution >= 0.6 is 0 Å². The Morgan fingerprint density at radius 3 is 2.89 bits per heavy atom. The Morgan fingerprint density at radius 2 is 2.21 bits per heavy atom. The van der Waals surface area contributed by atoms with Crippen molar-refractivity contribution in [3.8, 4) is 0 Å². The first-order valence-electron chi connectivity index (χ1n) is 9.24. The highest BCUT2D eigenvalue weighted by Crippen LogP contribution is 2.40. The number of ether oxygens (including phenoxy) is 2. The Labute approximate surface area is 162 Å². The van der Waals surface area contributed by atoms with E-state index in [1.54, 1.807) is 19.1 Å². The molecular weight excluding hydrogens is 368 g/mol. The summed E-state index contributed by atoms with van der Waals surface area (Å²) in [6, 6.07) is 3.41. The second-order valence-electron chi connectivity index (χ2n) is 7.05. The fraction of sp³-hybridized carbons (Fsp3) is 0.611. The number of anilines is 1. The molecule has 28 heavy (non-hydrogen) atoms. The smallest absolute Gasteiger partial charge is 0.225 e. The van der Waals surface area contributed by atoms with Gasteiger partial charge in [-0.05, 0) is 32.4 Å². The molecule has 3 heterocycles. The fourth-order valence-electron chi connectivity index (χ4n) is 3.39. The predicted octanol–water partition coefficient (Wildman–Crippen LogP) is 0.159. The van der Waals surface area contributed by atoms with E-state index in [9.17, 15) is 20.1 Å². The predicted molar refractivity (Wildman–Crippen MR) is 98.4 cm³/mol. The van der Waals surface area contributed by atoms with Crippen LogP contribution in [-0.2, 0) is 19.9 Å². The molecule has 0 spiro atoms. The van der Waals surface area contributed by atoms with Crippen LogP contribution in [0, 0.1) is 0 Å². The highest BCUT2D eigenvalue weighted by molar-refractivity contribution is 5.93. The Kier molecular flexibility index (Phi) is 5.96. The van der Waals surface area contributed by atoms with Crippen LogP contribution in [0.4, 0.5) is 5.82 Å². The number of aliphatic hydroxyl groups is 3. The zero-order chi connectivity index (χ0) is 20.5. The summed E-state index contributed by atoms with van der Waals surface area (Å²) in [6.45, 7) is 4.92. The molecule has 4 N–H and O–H groups in total. The molecule has 0 radical (unpaired) electrons. The van der Waals surface area contributed by atoms with Gasteiger partial charge in [0, 0.05) is 6.42 Å². The summed E-state index contributed by atoms with van der Waals surface area (Å²) in [6.07, 6.45) is -1.92. The van der Waals surface area contributed by atoms with Crippen LogP contribution in [0.25, 0.3) is 5.52 Å². The number of carbonyl (C=O) groups is 1. The molecule has 2 aromatic rings. The van der Waals surface area contributed by atoms with E-state index in [0.717, 1.165) is 0 Å². The number of amides is 1. The van der Waals surface area contributed by atoms with Crippen LogP contribution in [-0.4, -0.2) is 67.0 Å². The molecule has 1 amide bonds. The lowest BCUT2D eigenvalue weighted by Gasteiger charge is -2.27. The van der Waals surface area contributed by atoms with Crippen molar-refractivity contribution in [3.05, 3.63) is 24.2 Å². The second kappa shape index (κ2) is 8.10. The second-order valence-corrected chi connectivity index (χ2v) is 7.05. The highest BCUT2D eigenvalue weighted by Gasteiger charge is 2.53. The molecule has 1 aliphatic rings. The average Bonchev–Trinajstić information content (AvgIpc) is 3.17. The molecule has 0 aromatic carbocycles. The zero-order valence-electron chi connectivity index (χ0n) is 16.1. The summed E-state index contributed by atoms with van der Waals surface area (Å²) in [5, 5.41) is 37.3. The molecule has 0 aliphatic carbocycles. The normalized spacial score (nSPS) is 28.6. The first-order chi connectivity index (χ1) is 13.3. The van der Waals surface area contributed by atoms with Crippen molar-refractivity contribution in [1.82, 2.24) is 14.6 Å². The van der Waals surface area contributed by atoms with E-state index in [-0.39, 0.29) is 12.5 Å². The summed E-state index contributed by atoms with van der Waals surface area (Å²) >= 11 is 0. The summed E-state index contributed by atoms with van der Waals surface area (Å²) < 4.78 is 12.6. The maximum atomic E-state index is 11.9. The average molecular weight is 394 g/mol. The van der Waals surface area contributed by atoms with Crippen molar-refractivity contribution in [2.75, 3.05) is 11.9 Å². The first-order valence-corrected chi connectivity index (χ1v) is 9.24. The summed E-state index contributed by atoms with van der Waals surface area (Å²) in [7, 11) is 0. The molecule has 0 saturated carbocycles. The van der Waals surface area contributed by atoms with Gasteiger partial charge in [0.1, 0.15) is 35.8 Å². The molecule has 5 atom stereocenters. The minimum absolute atomic E-state index is 0.0812. The van der Waals surface area contributed by atoms with E-state index in [1.165, 1.54) is 17.8 Å². The quantitative estimate of drug-likeness (QED) is 0.487. The van der Waals surface area contributed by atoms with E-state index in [2.05, 4.69) is 15.4 Å². The summed E-state index contributed by atoms with van der Waals surface area (Å²) in [4.78, 5) is 16.1. The maximum absolute atomic E-state index is 11.9. The molecule has 1 fully saturated rings. The van der Waals surface area contributed by atoms with Gasteiger partial charge in [0.2, 0.25) is 5.91 Å². The molecule has 10 nitrogen and oxygen atoms in total. The number of nitrogens with zero attached hydrogens (tertiary/aromatic N) is 3. The topological polar surface area (TPSA) is 138 Å². The van der Waals surface area contributed by atoms with Gasteiger partial charge >= 0.3 is 0 Å². The Hall–Kier alpha value is -2.11. The number of fused-ring (bicyclic) bond motifs is 1. The van der Waals surface area contributed by atoms with E-state index in [0.29, 0.717) is 29.9 Å². The van der Waals surface area contributed by atoms with Gasteiger partial charge in [-0.1, -0.05) is 6.92 Å². The lowest BCUT2D eigenvalue weighted by Crippen LogP contribution is -2.39. The molecule has 1 saturated heterocycles. The molecule has 2 aromatic heterocycles. The maximum Gasteiger partial charge on any atom is 0.225 e. The minimum atomic E-state index is -1.28. The van der Waals surface area contributed by atoms with Crippen molar-refractivity contribution < 1.29 is 29.6 Å². The Balaban J connectivity index is 1.91. The van der Waals surface area contributed by atoms with E-state index in [1.807, 2.05) is 6.92 Å². The number of aromatic nitrogens is 3. The van der Waals surface area contributed by atoms with Crippen LogP contribution in [0.2, 0.25) is 0 Å². The third-order valence-electron chi connectivity index (χ3n) is 4.86. The summed E-state index contributed by atoms with van der Waals surface area (Å²) in [5.41, 5.74) is -0.253. The molecule has 1 aliphatic heterocycles. The van der Waals surface area contributed by atoms with Gasteiger partial charge in [-0.15, -0.1) is 0 Å². The standard InChI is InChI=1S/C18H26N4O6/c1-4-5-14(24)21-17-11-6-7-13(22(11)20-9-19-17)18(3)16(26)15(25)12(28-18)8-27-10(2)23/h6-7,9-10,12,15-16,23,25-26H,4-5,8H2,1-3H3,(H,19,20,21,24)/t10?,12-,15-,16-,18+/m1/s1. The number of hydrogen-bond donors (Lipinski definition) is 4. The van der Waals surface area contributed by atoms with Crippen LogP contribution in [0.15, 0.2) is 18.5 Å². The van der Waals surface area contributed by atoms with Crippen molar-refractivity contribution in [2.45, 2.75) is 63.8 Å². The van der Waals surface area contributed by atoms with Gasteiger partial charge in [0.15, 0.2) is 12.1 Å². The van der Waals surface area contributed by atoms with Crippen LogP contribution in [0.5, 0.6) is 0 Å². The van der Waals surface area contributed by atoms with Gasteiger partial charge in [0.05, 0.1) is 12.3 Å². The molecule has 1 unspecified atom stereocenters. The van der Waals surface area contributed by atoms with E-state index >= 15 is 0 Å². The van der Waals surface area contributed by atoms with Crippen LogP contribution < -0.4 is 5.32 Å². The number of nitrogens with one attached hydrogen (secondary N) is 1. The van der Waals surface area contributed by atoms with E-state index in [4.69, 9.17) is 9.47 Å². The van der Waals surface area contributed by atoms with Crippen LogP contribution in [0.3, 0.4) is 0 Å². The van der Waals surface area contributed by atoms with Gasteiger partial charge in [0.25, 0.3) is 0 Å². The SMILES string of the molecule is CCCC(=O)Nc1ncnn2c([C@]3(C)O[C@H](COC(C)O)[C@@H](O)[C@H]3O)ccc12. The Morgan fingerprint density at radius 1 is 1.46 bits per heavy atom. The van der Waals surface area contributed by atoms with Crippen molar-refractivity contribution in [2.24, 2.45) is 0 Å². The largest absolute Gasteiger partial charge is 0.387 e. The molecule has 3 rings (SSSR count). The third-order valence-corrected chi connectivity index (χ3v) is 4.86. The minimum Gasteiger partial charge on any atom is -0.387 e. The van der Waals surface area contributed by atoms with E-state index < -0.39 is 30.2 Å². The summed E-state index contributed by atoms with van der Waals surface area (Å²) in [5.74, 6) is 0.199. The van der Waals surface area contributed by atoms with Crippen LogP contribution in [0.1, 0.15) is 39.3 Å². The number of hydrogen-bond acceptors (Lipinski definition) is 8. The van der Waals surface area contributed by atoms with Gasteiger partial charge < -0.3 is 30.1 Å². The molecule has 154 valence electrons. The number of rotatable bonds is 7. The van der Waals surface area contributed by atoms with Gasteiger partial charge in [-0.2, -0.15) is 5.10 Å². The lowest BCUT2D eigenvalue weighted by atomic mass is 9.93. The van der Waals surface area contributed by atoms with Crippen molar-refractivity contribution in [3.63, 3.8) is 0 Å². The van der Waals surface area contributed by atoms with Gasteiger partial charge in [-0.25, -0.2) is 9.50 Å².